The van der Waals surface area contributed by atoms with Crippen molar-refractivity contribution in [2.24, 2.45) is 5.14 Å². The van der Waals surface area contributed by atoms with Crippen LogP contribution in [0.25, 0.3) is 0 Å². The molecule has 0 amide bonds. The largest absolute Gasteiger partial charge is 0.333 e. The summed E-state index contributed by atoms with van der Waals surface area (Å²) in [7, 11) is -3.85. The van der Waals surface area contributed by atoms with Gasteiger partial charge in [-0.3, -0.25) is 4.18 Å². The van der Waals surface area contributed by atoms with Crippen molar-refractivity contribution in [1.82, 2.24) is 0 Å². The molecule has 0 heterocycles. The number of nitrogens with two attached hydrogens (primary N) is 1. The maximum absolute atomic E-state index is 10.5. The maximum Gasteiger partial charge on any atom is 0.333 e. The van der Waals surface area contributed by atoms with Gasteiger partial charge in [0.25, 0.3) is 0 Å². The summed E-state index contributed by atoms with van der Waals surface area (Å²) < 4.78 is 25.3. The monoisotopic (exact) mass is 283 g/mol. The molecule has 1 aromatic rings. The van der Waals surface area contributed by atoms with Gasteiger partial charge in [0.15, 0.2) is 0 Å². The van der Waals surface area contributed by atoms with Crippen molar-refractivity contribution in [2.75, 3.05) is 6.61 Å². The van der Waals surface area contributed by atoms with Crippen LogP contribution in [0.3, 0.4) is 0 Å². The zero-order chi connectivity index (χ0) is 12.2. The fourth-order valence-electron chi connectivity index (χ4n) is 1.16. The summed E-state index contributed by atoms with van der Waals surface area (Å²) in [4.78, 5) is 0. The molecule has 0 saturated heterocycles. The van der Waals surface area contributed by atoms with E-state index in [9.17, 15) is 8.42 Å². The standard InChI is InChI=1S/C9H11Cl2NO3S/c10-8-4-3-7(9(11)6-8)2-1-5-15-16(12,13)14/h3-4,6H,1-2,5H2,(H2,12,13,14). The van der Waals surface area contributed by atoms with Crippen molar-refractivity contribution < 1.29 is 12.6 Å². The molecule has 7 heteroatoms. The highest BCUT2D eigenvalue weighted by Gasteiger charge is 2.04. The molecule has 2 N–H and O–H groups in total. The van der Waals surface area contributed by atoms with Crippen molar-refractivity contribution >= 4 is 33.5 Å². The first-order chi connectivity index (χ1) is 7.38. The van der Waals surface area contributed by atoms with Crippen LogP contribution in [0.2, 0.25) is 10.0 Å². The molecule has 0 saturated carbocycles. The molecule has 0 aliphatic carbocycles. The Hall–Kier alpha value is -0.330. The van der Waals surface area contributed by atoms with E-state index in [1.807, 2.05) is 0 Å². The van der Waals surface area contributed by atoms with Gasteiger partial charge in [0.05, 0.1) is 6.61 Å². The third kappa shape index (κ3) is 5.14. The van der Waals surface area contributed by atoms with Gasteiger partial charge < -0.3 is 0 Å². The molecule has 0 fully saturated rings. The van der Waals surface area contributed by atoms with E-state index < -0.39 is 10.3 Å². The molecule has 0 spiro atoms. The van der Waals surface area contributed by atoms with E-state index >= 15 is 0 Å². The zero-order valence-corrected chi connectivity index (χ0v) is 10.6. The van der Waals surface area contributed by atoms with Gasteiger partial charge in [-0.15, -0.1) is 0 Å². The van der Waals surface area contributed by atoms with E-state index in [1.165, 1.54) is 0 Å². The van der Waals surface area contributed by atoms with E-state index in [0.29, 0.717) is 22.9 Å². The van der Waals surface area contributed by atoms with Crippen LogP contribution in [0.4, 0.5) is 0 Å². The summed E-state index contributed by atoms with van der Waals surface area (Å²) in [5, 5.41) is 5.79. The number of aryl methyl sites for hydroxylation is 1. The highest BCUT2D eigenvalue weighted by Crippen LogP contribution is 2.21. The average molecular weight is 284 g/mol. The van der Waals surface area contributed by atoms with Crippen LogP contribution in [-0.4, -0.2) is 15.0 Å². The highest BCUT2D eigenvalue weighted by molar-refractivity contribution is 7.84. The van der Waals surface area contributed by atoms with Crippen LogP contribution in [0.5, 0.6) is 0 Å². The molecule has 0 atom stereocenters. The van der Waals surface area contributed by atoms with Gasteiger partial charge in [-0.2, -0.15) is 8.42 Å². The summed E-state index contributed by atoms with van der Waals surface area (Å²) in [5.74, 6) is 0. The van der Waals surface area contributed by atoms with E-state index in [-0.39, 0.29) is 6.61 Å². The fraction of sp³-hybridized carbons (Fsp3) is 0.333. The van der Waals surface area contributed by atoms with E-state index in [1.54, 1.807) is 18.2 Å². The lowest BCUT2D eigenvalue weighted by atomic mass is 10.1. The van der Waals surface area contributed by atoms with Crippen molar-refractivity contribution in [2.45, 2.75) is 12.8 Å². The van der Waals surface area contributed by atoms with Crippen LogP contribution in [0.15, 0.2) is 18.2 Å². The smallest absolute Gasteiger partial charge is 0.258 e. The molecule has 4 nitrogen and oxygen atoms in total. The second-order valence-electron chi connectivity index (χ2n) is 3.15. The SMILES string of the molecule is NS(=O)(=O)OCCCc1ccc(Cl)cc1Cl. The van der Waals surface area contributed by atoms with Gasteiger partial charge in [-0.1, -0.05) is 29.3 Å². The van der Waals surface area contributed by atoms with E-state index in [2.05, 4.69) is 9.32 Å². The maximum atomic E-state index is 10.5. The highest BCUT2D eigenvalue weighted by atomic mass is 35.5. The van der Waals surface area contributed by atoms with Gasteiger partial charge in [-0.25, -0.2) is 5.14 Å². The molecule has 0 radical (unpaired) electrons. The number of halogens is 2. The molecule has 1 rings (SSSR count). The van der Waals surface area contributed by atoms with Crippen molar-refractivity contribution in [3.63, 3.8) is 0 Å². The number of hydrogen-bond donors (Lipinski definition) is 1. The first-order valence-corrected chi connectivity index (χ1v) is 6.72. The summed E-state index contributed by atoms with van der Waals surface area (Å²) in [6, 6.07) is 5.16. The average Bonchev–Trinajstić information content (AvgIpc) is 2.13. The van der Waals surface area contributed by atoms with Crippen LogP contribution in [0.1, 0.15) is 12.0 Å². The topological polar surface area (TPSA) is 69.4 Å². The summed E-state index contributed by atoms with van der Waals surface area (Å²) in [5.41, 5.74) is 0.893. The lowest BCUT2D eigenvalue weighted by Gasteiger charge is -2.04. The first kappa shape index (κ1) is 13.7. The lowest BCUT2D eigenvalue weighted by molar-refractivity contribution is 0.313. The molecular weight excluding hydrogens is 273 g/mol. The van der Waals surface area contributed by atoms with E-state index in [4.69, 9.17) is 23.2 Å². The predicted molar refractivity (Wildman–Crippen MR) is 63.8 cm³/mol. The van der Waals surface area contributed by atoms with Crippen LogP contribution < -0.4 is 5.14 Å². The Labute approximate surface area is 105 Å². The Balaban J connectivity index is 2.43. The normalized spacial score (nSPS) is 11.7. The molecule has 16 heavy (non-hydrogen) atoms. The van der Waals surface area contributed by atoms with Crippen molar-refractivity contribution in [3.05, 3.63) is 33.8 Å². The Morgan fingerprint density at radius 3 is 2.56 bits per heavy atom. The van der Waals surface area contributed by atoms with Gasteiger partial charge in [0.1, 0.15) is 0 Å². The minimum Gasteiger partial charge on any atom is -0.258 e. The van der Waals surface area contributed by atoms with Crippen LogP contribution in [-0.2, 0) is 20.9 Å². The first-order valence-electron chi connectivity index (χ1n) is 4.49. The number of rotatable bonds is 5. The van der Waals surface area contributed by atoms with Crippen LogP contribution >= 0.6 is 23.2 Å². The second kappa shape index (κ2) is 5.84. The third-order valence-corrected chi connectivity index (χ3v) is 2.94. The van der Waals surface area contributed by atoms with Gasteiger partial charge >= 0.3 is 10.3 Å². The fourth-order valence-corrected chi connectivity index (χ4v) is 2.02. The molecule has 1 aromatic carbocycles. The zero-order valence-electron chi connectivity index (χ0n) is 8.32. The number of benzene rings is 1. The molecule has 0 unspecified atom stereocenters. The molecule has 0 bridgehead atoms. The number of hydrogen-bond acceptors (Lipinski definition) is 3. The Kier molecular flexibility index (Phi) is 5.01. The second-order valence-corrected chi connectivity index (χ2v) is 5.22. The minimum atomic E-state index is -3.85. The molecular formula is C9H11Cl2NO3S. The van der Waals surface area contributed by atoms with Gasteiger partial charge in [-0.05, 0) is 30.5 Å². The van der Waals surface area contributed by atoms with Crippen LogP contribution in [0, 0.1) is 0 Å². The summed E-state index contributed by atoms with van der Waals surface area (Å²) >= 11 is 11.7. The lowest BCUT2D eigenvalue weighted by Crippen LogP contribution is -2.16. The van der Waals surface area contributed by atoms with Gasteiger partial charge in [0.2, 0.25) is 0 Å². The molecule has 90 valence electrons. The third-order valence-electron chi connectivity index (χ3n) is 1.85. The van der Waals surface area contributed by atoms with Gasteiger partial charge in [0, 0.05) is 10.0 Å². The summed E-state index contributed by atoms with van der Waals surface area (Å²) in [6.07, 6.45) is 1.11. The molecule has 0 aliphatic rings. The molecule has 0 aliphatic heterocycles. The van der Waals surface area contributed by atoms with E-state index in [0.717, 1.165) is 5.56 Å². The van der Waals surface area contributed by atoms with Crippen molar-refractivity contribution in [3.8, 4) is 0 Å². The molecule has 0 aromatic heterocycles. The summed E-state index contributed by atoms with van der Waals surface area (Å²) in [6.45, 7) is 0.0395. The quantitative estimate of drug-likeness (QED) is 0.842. The Bertz CT molecular complexity index is 462. The van der Waals surface area contributed by atoms with Crippen molar-refractivity contribution in [1.29, 1.82) is 0 Å². The predicted octanol–water partition coefficient (Wildman–Crippen LogP) is 2.15. The Morgan fingerprint density at radius 1 is 1.31 bits per heavy atom. The Morgan fingerprint density at radius 2 is 2.00 bits per heavy atom. The minimum absolute atomic E-state index is 0.0395.